The maximum Gasteiger partial charge on any atom is 0.511 e. The SMILES string of the molecule is CCCCNC(=O)CNc1ccc2nc(CCCC)n(Cc3ccc(-c4ccccc4OC(=O)O)cc3)c2c1.O=C(O)C(F)(F)F. The van der Waals surface area contributed by atoms with Crippen LogP contribution in [0.3, 0.4) is 0 Å². The standard InChI is InChI=1S/C31H36N4O4.C2HF3O2/c1-3-5-11-29-34-26-17-16-24(33-20-30(36)32-18-6-4-2)19-27(26)35(29)21-22-12-14-23(15-13-22)25-9-7-8-10-28(25)39-31(37)38;3-2(4,5)1(6)7/h7-10,12-17,19,33H,3-6,11,18,20-21H2,1-2H3,(H,32,36)(H,37,38);(H,6,7). The molecular weight excluding hydrogens is 605 g/mol. The molecule has 1 aromatic heterocycles. The Balaban J connectivity index is 0.000000738. The highest BCUT2D eigenvalue weighted by atomic mass is 19.4. The third kappa shape index (κ3) is 10.5. The van der Waals surface area contributed by atoms with Crippen LogP contribution in [0, 0.1) is 0 Å². The first-order valence-electron chi connectivity index (χ1n) is 14.8. The summed E-state index contributed by atoms with van der Waals surface area (Å²) in [4.78, 5) is 37.1. The number of fused-ring (bicyclic) bond motifs is 1. The fraction of sp³-hybridized carbons (Fsp3) is 0.333. The second-order valence-electron chi connectivity index (χ2n) is 10.3. The summed E-state index contributed by atoms with van der Waals surface area (Å²) in [7, 11) is 0. The largest absolute Gasteiger partial charge is 0.511 e. The van der Waals surface area contributed by atoms with Gasteiger partial charge in [-0.3, -0.25) is 4.79 Å². The number of aliphatic carboxylic acids is 1. The summed E-state index contributed by atoms with van der Waals surface area (Å²) in [5.41, 5.74) is 5.51. The Hall–Kier alpha value is -5.07. The minimum absolute atomic E-state index is 0.0175. The molecule has 1 heterocycles. The molecule has 0 bridgehead atoms. The Labute approximate surface area is 264 Å². The molecule has 10 nitrogen and oxygen atoms in total. The van der Waals surface area contributed by atoms with Gasteiger partial charge in [-0.2, -0.15) is 13.2 Å². The Morgan fingerprint density at radius 3 is 2.24 bits per heavy atom. The average Bonchev–Trinajstić information content (AvgIpc) is 3.35. The summed E-state index contributed by atoms with van der Waals surface area (Å²) >= 11 is 0. The highest BCUT2D eigenvalue weighted by Crippen LogP contribution is 2.31. The molecule has 0 aliphatic carbocycles. The fourth-order valence-electron chi connectivity index (χ4n) is 4.49. The number of carboxylic acid groups (broad SMARTS) is 2. The second kappa shape index (κ2) is 16.8. The van der Waals surface area contributed by atoms with Gasteiger partial charge in [0.2, 0.25) is 5.91 Å². The van der Waals surface area contributed by atoms with Crippen molar-refractivity contribution in [1.82, 2.24) is 14.9 Å². The third-order valence-electron chi connectivity index (χ3n) is 6.82. The Morgan fingerprint density at radius 1 is 0.935 bits per heavy atom. The fourth-order valence-corrected chi connectivity index (χ4v) is 4.49. The summed E-state index contributed by atoms with van der Waals surface area (Å²) in [5.74, 6) is -1.44. The van der Waals surface area contributed by atoms with Gasteiger partial charge in [-0.1, -0.05) is 69.2 Å². The number of carbonyl (C=O) groups excluding carboxylic acids is 1. The molecule has 246 valence electrons. The van der Waals surface area contributed by atoms with Crippen molar-refractivity contribution in [2.24, 2.45) is 0 Å². The molecule has 0 radical (unpaired) electrons. The lowest BCUT2D eigenvalue weighted by Crippen LogP contribution is -2.30. The van der Waals surface area contributed by atoms with Gasteiger partial charge in [0.15, 0.2) is 0 Å². The average molecular weight is 643 g/mol. The van der Waals surface area contributed by atoms with E-state index in [1.165, 1.54) is 0 Å². The van der Waals surface area contributed by atoms with E-state index in [1.54, 1.807) is 12.1 Å². The summed E-state index contributed by atoms with van der Waals surface area (Å²) in [6.07, 6.45) is -1.39. The number of aryl methyl sites for hydroxylation is 1. The lowest BCUT2D eigenvalue weighted by molar-refractivity contribution is -0.192. The van der Waals surface area contributed by atoms with Gasteiger partial charge in [0, 0.05) is 30.8 Å². The van der Waals surface area contributed by atoms with Gasteiger partial charge in [0.25, 0.3) is 0 Å². The number of imidazole rings is 1. The number of carboxylic acids is 1. The molecule has 0 aliphatic heterocycles. The number of hydrogen-bond donors (Lipinski definition) is 4. The van der Waals surface area contributed by atoms with Crippen LogP contribution in [0.25, 0.3) is 22.2 Å². The predicted octanol–water partition coefficient (Wildman–Crippen LogP) is 7.11. The van der Waals surface area contributed by atoms with Gasteiger partial charge < -0.3 is 30.2 Å². The maximum atomic E-state index is 12.2. The minimum atomic E-state index is -5.08. The van der Waals surface area contributed by atoms with Crippen LogP contribution in [-0.2, 0) is 22.6 Å². The Bertz CT molecular complexity index is 1620. The van der Waals surface area contributed by atoms with E-state index in [0.717, 1.165) is 71.3 Å². The molecule has 4 N–H and O–H groups in total. The normalized spacial score (nSPS) is 11.0. The summed E-state index contributed by atoms with van der Waals surface area (Å²) in [6.45, 7) is 5.83. The molecule has 0 atom stereocenters. The maximum absolute atomic E-state index is 12.2. The number of amides is 1. The number of benzene rings is 3. The van der Waals surface area contributed by atoms with Crippen molar-refractivity contribution in [2.45, 2.75) is 58.7 Å². The molecule has 4 rings (SSSR count). The summed E-state index contributed by atoms with van der Waals surface area (Å²) < 4.78 is 38.9. The van der Waals surface area contributed by atoms with E-state index in [1.807, 2.05) is 48.5 Å². The van der Waals surface area contributed by atoms with E-state index in [-0.39, 0.29) is 12.5 Å². The molecule has 0 aliphatic rings. The number of nitrogens with zero attached hydrogens (tertiary/aromatic N) is 2. The van der Waals surface area contributed by atoms with Crippen molar-refractivity contribution in [3.8, 4) is 16.9 Å². The highest BCUT2D eigenvalue weighted by molar-refractivity contribution is 5.84. The number of anilines is 1. The predicted molar refractivity (Wildman–Crippen MR) is 168 cm³/mol. The van der Waals surface area contributed by atoms with Crippen molar-refractivity contribution in [2.75, 3.05) is 18.4 Å². The van der Waals surface area contributed by atoms with Crippen LogP contribution in [-0.4, -0.2) is 57.1 Å². The molecule has 0 saturated carbocycles. The molecule has 0 spiro atoms. The number of halogens is 3. The number of para-hydroxylation sites is 1. The first-order chi connectivity index (χ1) is 21.9. The van der Waals surface area contributed by atoms with Crippen LogP contribution in [0.5, 0.6) is 5.75 Å². The zero-order chi connectivity index (χ0) is 33.7. The molecule has 3 aromatic carbocycles. The van der Waals surface area contributed by atoms with Gasteiger partial charge in [0.1, 0.15) is 11.6 Å². The van der Waals surface area contributed by atoms with Crippen LogP contribution in [0.15, 0.2) is 66.7 Å². The number of unbranched alkanes of at least 4 members (excludes halogenated alkanes) is 2. The first-order valence-corrected chi connectivity index (χ1v) is 14.8. The number of carbonyl (C=O) groups is 3. The van der Waals surface area contributed by atoms with Crippen molar-refractivity contribution < 1.29 is 42.5 Å². The van der Waals surface area contributed by atoms with Gasteiger partial charge in [-0.25, -0.2) is 14.6 Å². The number of rotatable bonds is 13. The van der Waals surface area contributed by atoms with E-state index in [4.69, 9.17) is 24.7 Å². The number of alkyl halides is 3. The summed E-state index contributed by atoms with van der Waals surface area (Å²) in [6, 6.07) is 21.2. The van der Waals surface area contributed by atoms with Gasteiger partial charge in [-0.05, 0) is 48.2 Å². The van der Waals surface area contributed by atoms with Crippen molar-refractivity contribution in [3.05, 3.63) is 78.1 Å². The van der Waals surface area contributed by atoms with Gasteiger partial charge in [0.05, 0.1) is 17.6 Å². The van der Waals surface area contributed by atoms with E-state index >= 15 is 0 Å². The molecule has 0 unspecified atom stereocenters. The highest BCUT2D eigenvalue weighted by Gasteiger charge is 2.38. The Kier molecular flexibility index (Phi) is 13.0. The van der Waals surface area contributed by atoms with Crippen molar-refractivity contribution >= 4 is 34.8 Å². The first kappa shape index (κ1) is 35.4. The number of aromatic nitrogens is 2. The molecule has 4 aromatic rings. The number of nitrogens with one attached hydrogen (secondary N) is 2. The van der Waals surface area contributed by atoms with E-state index in [0.29, 0.717) is 18.8 Å². The lowest BCUT2D eigenvalue weighted by Gasteiger charge is -2.12. The number of ether oxygens (including phenoxy) is 1. The smallest absolute Gasteiger partial charge is 0.475 e. The van der Waals surface area contributed by atoms with Crippen LogP contribution in [0.1, 0.15) is 50.9 Å². The Morgan fingerprint density at radius 2 is 1.61 bits per heavy atom. The summed E-state index contributed by atoms with van der Waals surface area (Å²) in [5, 5.41) is 22.4. The van der Waals surface area contributed by atoms with Crippen LogP contribution in [0.4, 0.5) is 23.7 Å². The van der Waals surface area contributed by atoms with Crippen LogP contribution >= 0.6 is 0 Å². The van der Waals surface area contributed by atoms with Gasteiger partial charge in [-0.15, -0.1) is 0 Å². The third-order valence-corrected chi connectivity index (χ3v) is 6.82. The molecule has 46 heavy (non-hydrogen) atoms. The van der Waals surface area contributed by atoms with Crippen LogP contribution in [0.2, 0.25) is 0 Å². The zero-order valence-electron chi connectivity index (χ0n) is 25.6. The second-order valence-corrected chi connectivity index (χ2v) is 10.3. The molecule has 1 amide bonds. The molecule has 13 heteroatoms. The van der Waals surface area contributed by atoms with E-state index in [9.17, 15) is 22.8 Å². The van der Waals surface area contributed by atoms with Crippen molar-refractivity contribution in [3.63, 3.8) is 0 Å². The van der Waals surface area contributed by atoms with E-state index in [2.05, 4.69) is 35.1 Å². The van der Waals surface area contributed by atoms with Crippen LogP contribution < -0.4 is 15.4 Å². The zero-order valence-corrected chi connectivity index (χ0v) is 25.6. The lowest BCUT2D eigenvalue weighted by atomic mass is 10.0. The van der Waals surface area contributed by atoms with E-state index < -0.39 is 18.3 Å². The number of hydrogen-bond acceptors (Lipinski definition) is 6. The molecule has 0 fully saturated rings. The van der Waals surface area contributed by atoms with Crippen molar-refractivity contribution in [1.29, 1.82) is 0 Å². The molecule has 0 saturated heterocycles. The van der Waals surface area contributed by atoms with Gasteiger partial charge >= 0.3 is 18.3 Å². The monoisotopic (exact) mass is 642 g/mol. The quantitative estimate of drug-likeness (QED) is 0.0687. The molecular formula is C33H37F3N4O6. The topological polar surface area (TPSA) is 143 Å². The minimum Gasteiger partial charge on any atom is -0.475 e.